The third-order valence-electron chi connectivity index (χ3n) is 4.70. The van der Waals surface area contributed by atoms with E-state index >= 15 is 0 Å². The van der Waals surface area contributed by atoms with Crippen LogP contribution >= 0.6 is 0 Å². The van der Waals surface area contributed by atoms with Gasteiger partial charge in [0.15, 0.2) is 0 Å². The highest BCUT2D eigenvalue weighted by Crippen LogP contribution is 2.40. The van der Waals surface area contributed by atoms with E-state index in [0.717, 1.165) is 37.5 Å². The van der Waals surface area contributed by atoms with Crippen LogP contribution in [0.1, 0.15) is 30.5 Å². The summed E-state index contributed by atoms with van der Waals surface area (Å²) in [6.07, 6.45) is 0.985. The minimum Gasteiger partial charge on any atom is -0.495 e. The number of hydrogen-bond acceptors (Lipinski definition) is 3. The van der Waals surface area contributed by atoms with Crippen LogP contribution < -0.4 is 9.64 Å². The summed E-state index contributed by atoms with van der Waals surface area (Å²) in [5.41, 5.74) is 3.49. The second kappa shape index (κ2) is 5.22. The number of rotatable bonds is 2. The highest BCUT2D eigenvalue weighted by molar-refractivity contribution is 5.94. The van der Waals surface area contributed by atoms with Gasteiger partial charge in [-0.25, -0.2) is 4.79 Å². The number of methoxy groups -OCH3 is 1. The number of fused-ring (bicyclic) bond motifs is 1. The number of ether oxygens (including phenoxy) is 1. The lowest BCUT2D eigenvalue weighted by Crippen LogP contribution is -2.47. The number of amides is 2. The molecule has 1 aromatic rings. The molecular formula is C16H23N3O2. The summed E-state index contributed by atoms with van der Waals surface area (Å²) in [5.74, 6) is 0.791. The minimum atomic E-state index is 0.0545. The Bertz CT molecular complexity index is 573. The smallest absolute Gasteiger partial charge is 0.324 e. The number of nitrogens with zero attached hydrogens (tertiary/aromatic N) is 3. The van der Waals surface area contributed by atoms with E-state index in [9.17, 15) is 4.79 Å². The lowest BCUT2D eigenvalue weighted by molar-refractivity contribution is 0.207. The fourth-order valence-electron chi connectivity index (χ4n) is 3.26. The molecule has 0 bridgehead atoms. The molecule has 5 nitrogen and oxygen atoms in total. The molecule has 0 aromatic heterocycles. The largest absolute Gasteiger partial charge is 0.495 e. The van der Waals surface area contributed by atoms with Crippen molar-refractivity contribution in [1.82, 2.24) is 9.80 Å². The number of urea groups is 1. The Morgan fingerprint density at radius 3 is 2.71 bits per heavy atom. The maximum absolute atomic E-state index is 12.4. The Kier molecular flexibility index (Phi) is 3.53. The molecule has 0 N–H and O–H groups in total. The van der Waals surface area contributed by atoms with Gasteiger partial charge >= 0.3 is 6.03 Å². The molecule has 5 heteroatoms. The fourth-order valence-corrected chi connectivity index (χ4v) is 3.26. The average Bonchev–Trinajstić information content (AvgIpc) is 2.75. The van der Waals surface area contributed by atoms with Gasteiger partial charge in [-0.05, 0) is 43.7 Å². The maximum Gasteiger partial charge on any atom is 0.324 e. The lowest BCUT2D eigenvalue weighted by atomic mass is 10.0. The minimum absolute atomic E-state index is 0.0545. The van der Waals surface area contributed by atoms with Gasteiger partial charge in [0.05, 0.1) is 12.8 Å². The Morgan fingerprint density at radius 2 is 2.00 bits per heavy atom. The second-order valence-corrected chi connectivity index (χ2v) is 6.02. The predicted molar refractivity (Wildman–Crippen MR) is 82.9 cm³/mol. The van der Waals surface area contributed by atoms with Crippen molar-refractivity contribution in [2.75, 3.05) is 39.2 Å². The molecular weight excluding hydrogens is 266 g/mol. The number of anilines is 1. The van der Waals surface area contributed by atoms with E-state index in [4.69, 9.17) is 4.74 Å². The first-order chi connectivity index (χ1) is 10.0. The molecule has 0 spiro atoms. The van der Waals surface area contributed by atoms with Crippen LogP contribution in [0.2, 0.25) is 0 Å². The molecule has 1 saturated heterocycles. The van der Waals surface area contributed by atoms with E-state index in [0.29, 0.717) is 6.04 Å². The van der Waals surface area contributed by atoms with Gasteiger partial charge in [-0.1, -0.05) is 0 Å². The summed E-state index contributed by atoms with van der Waals surface area (Å²) in [5, 5.41) is 0. The SMILES string of the molecule is COc1cc2c(cc1N1CCCN(C)C1=O)CN(C)C2C. The van der Waals surface area contributed by atoms with Crippen LogP contribution in [0.3, 0.4) is 0 Å². The third kappa shape index (κ3) is 2.25. The van der Waals surface area contributed by atoms with E-state index in [-0.39, 0.29) is 6.03 Å². The molecule has 21 heavy (non-hydrogen) atoms. The van der Waals surface area contributed by atoms with Crippen molar-refractivity contribution in [3.05, 3.63) is 23.3 Å². The van der Waals surface area contributed by atoms with Crippen LogP contribution in [-0.4, -0.2) is 50.1 Å². The summed E-state index contributed by atoms with van der Waals surface area (Å²) in [7, 11) is 5.65. The van der Waals surface area contributed by atoms with Gasteiger partial charge in [0.1, 0.15) is 5.75 Å². The van der Waals surface area contributed by atoms with Gasteiger partial charge in [0.25, 0.3) is 0 Å². The number of hydrogen-bond donors (Lipinski definition) is 0. The maximum atomic E-state index is 12.4. The molecule has 114 valence electrons. The molecule has 2 aliphatic rings. The molecule has 1 atom stereocenters. The highest BCUT2D eigenvalue weighted by Gasteiger charge is 2.30. The highest BCUT2D eigenvalue weighted by atomic mass is 16.5. The zero-order chi connectivity index (χ0) is 15.1. The van der Waals surface area contributed by atoms with E-state index in [2.05, 4.69) is 31.0 Å². The van der Waals surface area contributed by atoms with Gasteiger partial charge in [-0.15, -0.1) is 0 Å². The van der Waals surface area contributed by atoms with Crippen molar-refractivity contribution in [1.29, 1.82) is 0 Å². The molecule has 1 aromatic carbocycles. The molecule has 0 aliphatic carbocycles. The fraction of sp³-hybridized carbons (Fsp3) is 0.562. The molecule has 2 aliphatic heterocycles. The van der Waals surface area contributed by atoms with Crippen molar-refractivity contribution < 1.29 is 9.53 Å². The van der Waals surface area contributed by atoms with Crippen LogP contribution in [0.5, 0.6) is 5.75 Å². The monoisotopic (exact) mass is 289 g/mol. The van der Waals surface area contributed by atoms with Crippen LogP contribution in [0.15, 0.2) is 12.1 Å². The Labute approximate surface area is 126 Å². The van der Waals surface area contributed by atoms with E-state index in [1.807, 2.05) is 11.9 Å². The molecule has 3 rings (SSSR count). The summed E-state index contributed by atoms with van der Waals surface area (Å²) in [6.45, 7) is 4.70. The van der Waals surface area contributed by atoms with Crippen LogP contribution in [0.25, 0.3) is 0 Å². The van der Waals surface area contributed by atoms with E-state index < -0.39 is 0 Å². The summed E-state index contributed by atoms with van der Waals surface area (Å²) in [6, 6.07) is 4.67. The van der Waals surface area contributed by atoms with Crippen molar-refractivity contribution >= 4 is 11.7 Å². The third-order valence-corrected chi connectivity index (χ3v) is 4.70. The Hall–Kier alpha value is -1.75. The average molecular weight is 289 g/mol. The molecule has 1 fully saturated rings. The zero-order valence-electron chi connectivity index (χ0n) is 13.2. The normalized spacial score (nSPS) is 22.7. The Balaban J connectivity index is 2.03. The number of carbonyl (C=O) groups is 1. The number of carbonyl (C=O) groups excluding carboxylic acids is 1. The first-order valence-electron chi connectivity index (χ1n) is 7.46. The topological polar surface area (TPSA) is 36.0 Å². The summed E-state index contributed by atoms with van der Waals surface area (Å²) in [4.78, 5) is 18.3. The lowest BCUT2D eigenvalue weighted by Gasteiger charge is -2.34. The zero-order valence-corrected chi connectivity index (χ0v) is 13.2. The van der Waals surface area contributed by atoms with Crippen LogP contribution in [0, 0.1) is 0 Å². The summed E-state index contributed by atoms with van der Waals surface area (Å²) >= 11 is 0. The van der Waals surface area contributed by atoms with Crippen molar-refractivity contribution in [3.8, 4) is 5.75 Å². The van der Waals surface area contributed by atoms with E-state index in [1.165, 1.54) is 11.1 Å². The van der Waals surface area contributed by atoms with Gasteiger partial charge in [-0.2, -0.15) is 0 Å². The van der Waals surface area contributed by atoms with Gasteiger partial charge in [0.2, 0.25) is 0 Å². The van der Waals surface area contributed by atoms with Crippen LogP contribution in [0.4, 0.5) is 10.5 Å². The first kappa shape index (κ1) is 14.2. The summed E-state index contributed by atoms with van der Waals surface area (Å²) < 4.78 is 5.56. The molecule has 0 saturated carbocycles. The number of benzene rings is 1. The van der Waals surface area contributed by atoms with Crippen molar-refractivity contribution in [2.24, 2.45) is 0 Å². The molecule has 2 heterocycles. The molecule has 2 amide bonds. The predicted octanol–water partition coefficient (Wildman–Crippen LogP) is 2.46. The molecule has 0 radical (unpaired) electrons. The quantitative estimate of drug-likeness (QED) is 0.839. The van der Waals surface area contributed by atoms with Gasteiger partial charge in [0, 0.05) is 32.7 Å². The molecule has 1 unspecified atom stereocenters. The van der Waals surface area contributed by atoms with E-state index in [1.54, 1.807) is 12.0 Å². The van der Waals surface area contributed by atoms with Crippen molar-refractivity contribution in [2.45, 2.75) is 25.9 Å². The van der Waals surface area contributed by atoms with Gasteiger partial charge < -0.3 is 9.64 Å². The van der Waals surface area contributed by atoms with Crippen LogP contribution in [-0.2, 0) is 6.54 Å². The van der Waals surface area contributed by atoms with Crippen molar-refractivity contribution in [3.63, 3.8) is 0 Å². The Morgan fingerprint density at radius 1 is 1.24 bits per heavy atom. The first-order valence-corrected chi connectivity index (χ1v) is 7.46. The standard InChI is InChI=1S/C16H23N3O2/c1-11-13-9-15(21-4)14(8-12(13)10-18(11)3)19-7-5-6-17(2)16(19)20/h8-9,11H,5-7,10H2,1-4H3. The second-order valence-electron chi connectivity index (χ2n) is 6.02. The van der Waals surface area contributed by atoms with Gasteiger partial charge in [-0.3, -0.25) is 9.80 Å².